The Morgan fingerprint density at radius 3 is 2.22 bits per heavy atom. The second-order valence-electron chi connectivity index (χ2n) is 7.94. The largest absolute Gasteiger partial charge is 0.484 e. The van der Waals surface area contributed by atoms with Crippen LogP contribution in [0.1, 0.15) is 12.0 Å². The molecule has 3 rings (SSSR count). The van der Waals surface area contributed by atoms with Crippen molar-refractivity contribution in [3.63, 3.8) is 0 Å². The first kappa shape index (κ1) is 27.4. The van der Waals surface area contributed by atoms with Gasteiger partial charge in [-0.1, -0.05) is 30.3 Å². The van der Waals surface area contributed by atoms with Gasteiger partial charge in [0.15, 0.2) is 19.4 Å². The Hall–Kier alpha value is -3.18. The molecule has 1 unspecified atom stereocenters. The highest BCUT2D eigenvalue weighted by molar-refractivity contribution is 7.89. The number of ether oxygens (including phenoxy) is 2. The van der Waals surface area contributed by atoms with Gasteiger partial charge in [0.25, 0.3) is 0 Å². The number of hydrogen-bond acceptors (Lipinski definition) is 6. The van der Waals surface area contributed by atoms with Crippen molar-refractivity contribution < 1.29 is 44.2 Å². The molecule has 14 heteroatoms. The van der Waals surface area contributed by atoms with Gasteiger partial charge in [-0.2, -0.15) is 35.9 Å². The van der Waals surface area contributed by atoms with Gasteiger partial charge in [0.2, 0.25) is 10.0 Å². The van der Waals surface area contributed by atoms with E-state index in [4.69, 9.17) is 4.74 Å². The molecule has 7 nitrogen and oxygen atoms in total. The average molecular weight is 537 g/mol. The summed E-state index contributed by atoms with van der Waals surface area (Å²) in [5, 5.41) is 9.20. The Morgan fingerprint density at radius 2 is 1.64 bits per heavy atom. The minimum atomic E-state index is -4.80. The molecule has 1 saturated heterocycles. The van der Waals surface area contributed by atoms with Gasteiger partial charge in [0.1, 0.15) is 16.4 Å². The first-order chi connectivity index (χ1) is 16.8. The third-order valence-corrected chi connectivity index (χ3v) is 7.11. The lowest BCUT2D eigenvalue weighted by molar-refractivity contribution is -0.154. The number of hydrogen-bond donors (Lipinski definition) is 0. The molecular weight excluding hydrogens is 516 g/mol. The average Bonchev–Trinajstić information content (AvgIpc) is 3.28. The van der Waals surface area contributed by atoms with Crippen LogP contribution in [0.15, 0.2) is 53.4 Å². The molecule has 0 amide bonds. The fourth-order valence-corrected chi connectivity index (χ4v) is 5.37. The number of likely N-dealkylation sites (tertiary alicyclic amines) is 1. The maximum atomic E-state index is 13.8. The molecule has 196 valence electrons. The molecule has 0 spiro atoms. The van der Waals surface area contributed by atoms with Gasteiger partial charge in [-0.05, 0) is 24.1 Å². The molecule has 0 N–H and O–H groups in total. The number of nitriles is 1. The van der Waals surface area contributed by atoms with Crippen LogP contribution in [0.3, 0.4) is 0 Å². The van der Waals surface area contributed by atoms with E-state index in [-0.39, 0.29) is 26.1 Å². The van der Waals surface area contributed by atoms with Crippen LogP contribution in [0.2, 0.25) is 0 Å². The Bertz CT molecular complexity index is 1180. The third-order valence-electron chi connectivity index (χ3n) is 5.19. The maximum Gasteiger partial charge on any atom is 0.422 e. The Balaban J connectivity index is 2.05. The van der Waals surface area contributed by atoms with E-state index in [9.17, 15) is 40.0 Å². The standard InChI is InChI=1S/C22H21F6N3O4S/c23-21(24,25)13-34-18-6-7-19(35-14-22(26,27)28)20(10-18)36(32,33)31(11-16-4-2-1-3-5-16)17-8-9-30(12-17)15-29/h1-7,10,17H,8-9,11-14H2. The van der Waals surface area contributed by atoms with Crippen LogP contribution >= 0.6 is 0 Å². The molecule has 1 fully saturated rings. The Kier molecular flexibility index (Phi) is 8.25. The van der Waals surface area contributed by atoms with Crippen molar-refractivity contribution in [3.05, 3.63) is 54.1 Å². The molecule has 1 atom stereocenters. The van der Waals surface area contributed by atoms with Crippen molar-refractivity contribution in [3.8, 4) is 17.7 Å². The van der Waals surface area contributed by atoms with Gasteiger partial charge in [0.05, 0.1) is 0 Å². The molecule has 0 radical (unpaired) electrons. The highest BCUT2D eigenvalue weighted by Crippen LogP contribution is 2.35. The molecule has 0 aromatic heterocycles. The van der Waals surface area contributed by atoms with Crippen LogP contribution in [0.25, 0.3) is 0 Å². The summed E-state index contributed by atoms with van der Waals surface area (Å²) in [7, 11) is -4.65. The van der Waals surface area contributed by atoms with E-state index in [0.717, 1.165) is 16.4 Å². The maximum absolute atomic E-state index is 13.8. The first-order valence-corrected chi connectivity index (χ1v) is 12.0. The molecular formula is C22H21F6N3O4S. The highest BCUT2D eigenvalue weighted by Gasteiger charge is 2.39. The lowest BCUT2D eigenvalue weighted by atomic mass is 10.2. The van der Waals surface area contributed by atoms with Crippen molar-refractivity contribution in [1.82, 2.24) is 9.21 Å². The summed E-state index contributed by atoms with van der Waals surface area (Å²) < 4.78 is 114. The molecule has 0 bridgehead atoms. The van der Waals surface area contributed by atoms with Gasteiger partial charge in [0, 0.05) is 31.7 Å². The van der Waals surface area contributed by atoms with Gasteiger partial charge >= 0.3 is 12.4 Å². The van der Waals surface area contributed by atoms with Crippen LogP contribution in [0.5, 0.6) is 11.5 Å². The topological polar surface area (TPSA) is 82.9 Å². The number of sulfonamides is 1. The molecule has 0 saturated carbocycles. The zero-order chi connectivity index (χ0) is 26.6. The zero-order valence-corrected chi connectivity index (χ0v) is 19.4. The summed E-state index contributed by atoms with van der Waals surface area (Å²) in [5.74, 6) is -1.21. The fourth-order valence-electron chi connectivity index (χ4n) is 3.59. The first-order valence-electron chi connectivity index (χ1n) is 10.5. The van der Waals surface area contributed by atoms with E-state index in [1.807, 2.05) is 6.19 Å². The van der Waals surface area contributed by atoms with Crippen LogP contribution in [0, 0.1) is 11.5 Å². The Morgan fingerprint density at radius 1 is 1.00 bits per heavy atom. The molecule has 0 aliphatic carbocycles. The summed E-state index contributed by atoms with van der Waals surface area (Å²) in [4.78, 5) is 0.556. The summed E-state index contributed by atoms with van der Waals surface area (Å²) >= 11 is 0. The second kappa shape index (κ2) is 10.8. The van der Waals surface area contributed by atoms with Crippen LogP contribution in [-0.4, -0.2) is 62.3 Å². The number of nitrogens with zero attached hydrogens (tertiary/aromatic N) is 3. The molecule has 1 heterocycles. The summed E-state index contributed by atoms with van der Waals surface area (Å²) in [5.41, 5.74) is 0.554. The van der Waals surface area contributed by atoms with E-state index in [0.29, 0.717) is 11.6 Å². The third kappa shape index (κ3) is 7.41. The van der Waals surface area contributed by atoms with Crippen molar-refractivity contribution in [2.24, 2.45) is 0 Å². The molecule has 1 aliphatic rings. The van der Waals surface area contributed by atoms with Crippen LogP contribution < -0.4 is 9.47 Å². The minimum absolute atomic E-state index is 0.0333. The van der Waals surface area contributed by atoms with E-state index < -0.39 is 58.0 Å². The number of halogens is 6. The van der Waals surface area contributed by atoms with Gasteiger partial charge in [-0.25, -0.2) is 8.42 Å². The molecule has 1 aliphatic heterocycles. The quantitative estimate of drug-likeness (QED) is 0.350. The number of benzene rings is 2. The van der Waals surface area contributed by atoms with E-state index in [1.165, 1.54) is 4.90 Å². The van der Waals surface area contributed by atoms with E-state index in [2.05, 4.69) is 4.74 Å². The predicted molar refractivity (Wildman–Crippen MR) is 114 cm³/mol. The number of rotatable bonds is 9. The fraction of sp³-hybridized carbons (Fsp3) is 0.409. The predicted octanol–water partition coefficient (Wildman–Crippen LogP) is 4.32. The SMILES string of the molecule is N#CN1CCC(N(Cc2ccccc2)S(=O)(=O)c2cc(OCC(F)(F)F)ccc2OCC(F)(F)F)C1. The van der Waals surface area contributed by atoms with Crippen LogP contribution in [-0.2, 0) is 16.6 Å². The zero-order valence-electron chi connectivity index (χ0n) is 18.6. The summed E-state index contributed by atoms with van der Waals surface area (Å²) in [6.07, 6.45) is -7.34. The van der Waals surface area contributed by atoms with Gasteiger partial charge in [-0.15, -0.1) is 0 Å². The molecule has 2 aromatic carbocycles. The van der Waals surface area contributed by atoms with Crippen molar-refractivity contribution in [2.45, 2.75) is 36.3 Å². The van der Waals surface area contributed by atoms with Crippen molar-refractivity contribution >= 4 is 10.0 Å². The summed E-state index contributed by atoms with van der Waals surface area (Å²) in [6.45, 7) is -3.45. The van der Waals surface area contributed by atoms with Crippen LogP contribution in [0.4, 0.5) is 26.3 Å². The van der Waals surface area contributed by atoms with Crippen molar-refractivity contribution in [1.29, 1.82) is 5.26 Å². The van der Waals surface area contributed by atoms with Gasteiger partial charge < -0.3 is 14.4 Å². The lowest BCUT2D eigenvalue weighted by Gasteiger charge is -2.29. The smallest absolute Gasteiger partial charge is 0.422 e. The monoisotopic (exact) mass is 537 g/mol. The van der Waals surface area contributed by atoms with Gasteiger partial charge in [-0.3, -0.25) is 0 Å². The highest BCUT2D eigenvalue weighted by atomic mass is 32.2. The lowest BCUT2D eigenvalue weighted by Crippen LogP contribution is -2.41. The Labute approximate surface area is 203 Å². The normalized spacial score (nSPS) is 16.7. The minimum Gasteiger partial charge on any atom is -0.484 e. The summed E-state index contributed by atoms with van der Waals surface area (Å²) in [6, 6.07) is 10.0. The van der Waals surface area contributed by atoms with E-state index in [1.54, 1.807) is 30.3 Å². The van der Waals surface area contributed by atoms with Crippen molar-refractivity contribution in [2.75, 3.05) is 26.3 Å². The molecule has 36 heavy (non-hydrogen) atoms. The van der Waals surface area contributed by atoms with E-state index >= 15 is 0 Å². The molecule has 2 aromatic rings. The number of alkyl halides is 6. The second-order valence-corrected chi connectivity index (χ2v) is 9.80.